The molecule has 132 valence electrons. The topological polar surface area (TPSA) is 127 Å². The van der Waals surface area contributed by atoms with Crippen LogP contribution in [-0.4, -0.2) is 52.7 Å². The number of carbonyl (C=O) groups excluding carboxylic acids is 2. The number of benzene rings is 1. The van der Waals surface area contributed by atoms with Gasteiger partial charge in [0.1, 0.15) is 5.75 Å². The third-order valence-electron chi connectivity index (χ3n) is 1.66. The predicted molar refractivity (Wildman–Crippen MR) is 90.8 cm³/mol. The van der Waals surface area contributed by atoms with Crippen LogP contribution < -0.4 is 14.9 Å². The average Bonchev–Trinajstić information content (AvgIpc) is 2.50. The normalized spacial score (nSPS) is 8.12. The standard InChI is InChI=1S/C8H5Cl3O3.2C3H4O2.Mg/c9-4-1-6(11)7(2-5(4)10)14-3-8(12)13;2*1-2-3(4)5;/h1-2H,3H2,(H,12,13);2*2H,1H2,(H,4,5);/q;;;+2/p-2. The smallest absolute Gasteiger partial charge is 0.545 e. The fraction of sp³-hybridized carbons (Fsp3) is 0.0714. The Kier molecular flexibility index (Phi) is 18.2. The molecule has 0 saturated carbocycles. The maximum absolute atomic E-state index is 10.2. The molecule has 0 aliphatic rings. The molecule has 0 aromatic heterocycles. The van der Waals surface area contributed by atoms with E-state index >= 15 is 0 Å². The molecule has 1 rings (SSSR count). The Morgan fingerprint density at radius 2 is 1.36 bits per heavy atom. The Bertz CT molecular complexity index is 603. The molecule has 0 atom stereocenters. The van der Waals surface area contributed by atoms with Crippen molar-refractivity contribution in [3.63, 3.8) is 0 Å². The molecule has 7 nitrogen and oxygen atoms in total. The number of rotatable bonds is 5. The maximum Gasteiger partial charge on any atom is 2.00 e. The van der Waals surface area contributed by atoms with E-state index in [1.807, 2.05) is 0 Å². The Labute approximate surface area is 174 Å². The molecule has 1 aromatic rings. The summed E-state index contributed by atoms with van der Waals surface area (Å²) >= 11 is 17.1. The van der Waals surface area contributed by atoms with Crippen LogP contribution in [0.4, 0.5) is 0 Å². The van der Waals surface area contributed by atoms with E-state index in [4.69, 9.17) is 64.4 Å². The van der Waals surface area contributed by atoms with E-state index in [2.05, 4.69) is 13.2 Å². The Balaban J connectivity index is -0.000000368. The van der Waals surface area contributed by atoms with Crippen molar-refractivity contribution in [1.82, 2.24) is 0 Å². The van der Waals surface area contributed by atoms with Gasteiger partial charge in [0.25, 0.3) is 0 Å². The molecule has 0 fully saturated rings. The number of halogens is 3. The van der Waals surface area contributed by atoms with Gasteiger partial charge >= 0.3 is 29.0 Å². The Morgan fingerprint density at radius 1 is 1.00 bits per heavy atom. The van der Waals surface area contributed by atoms with Gasteiger partial charge in [0.15, 0.2) is 6.61 Å². The van der Waals surface area contributed by atoms with Crippen LogP contribution in [0.3, 0.4) is 0 Å². The van der Waals surface area contributed by atoms with E-state index in [1.54, 1.807) is 0 Å². The van der Waals surface area contributed by atoms with Crippen molar-refractivity contribution in [2.75, 3.05) is 6.61 Å². The summed E-state index contributed by atoms with van der Waals surface area (Å²) in [7, 11) is 0. The van der Waals surface area contributed by atoms with Gasteiger partial charge in [0.05, 0.1) is 27.0 Å². The molecule has 0 unspecified atom stereocenters. The number of carboxylic acids is 3. The zero-order chi connectivity index (χ0) is 19.3. The molecule has 0 saturated heterocycles. The van der Waals surface area contributed by atoms with Gasteiger partial charge in [0.2, 0.25) is 0 Å². The molecular weight excluding hydrogens is 411 g/mol. The second kappa shape index (κ2) is 16.0. The van der Waals surface area contributed by atoms with Crippen LogP contribution in [0.15, 0.2) is 37.4 Å². The van der Waals surface area contributed by atoms with Crippen molar-refractivity contribution in [3.8, 4) is 5.75 Å². The summed E-state index contributed by atoms with van der Waals surface area (Å²) in [5.41, 5.74) is 0. The molecule has 0 bridgehead atoms. The first-order chi connectivity index (χ1) is 11.0. The average molecular weight is 422 g/mol. The number of carboxylic acid groups (broad SMARTS) is 3. The molecule has 0 amide bonds. The van der Waals surface area contributed by atoms with Gasteiger partial charge in [-0.05, 0) is 18.2 Å². The quantitative estimate of drug-likeness (QED) is 0.418. The molecule has 11 heteroatoms. The van der Waals surface area contributed by atoms with Crippen molar-refractivity contribution in [2.24, 2.45) is 0 Å². The summed E-state index contributed by atoms with van der Waals surface area (Å²) < 4.78 is 4.86. The van der Waals surface area contributed by atoms with Crippen molar-refractivity contribution < 1.29 is 34.4 Å². The molecule has 1 N–H and O–H groups in total. The second-order valence-electron chi connectivity index (χ2n) is 3.43. The maximum atomic E-state index is 10.2. The molecule has 0 heterocycles. The van der Waals surface area contributed by atoms with Gasteiger partial charge < -0.3 is 29.6 Å². The largest absolute Gasteiger partial charge is 2.00 e. The summed E-state index contributed by atoms with van der Waals surface area (Å²) in [6, 6.07) is 2.76. The van der Waals surface area contributed by atoms with Gasteiger partial charge in [0, 0.05) is 6.07 Å². The molecule has 25 heavy (non-hydrogen) atoms. The molecule has 0 radical (unpaired) electrons. The predicted octanol–water partition coefficient (Wildman–Crippen LogP) is 0.574. The van der Waals surface area contributed by atoms with Crippen molar-refractivity contribution in [2.45, 2.75) is 0 Å². The monoisotopic (exact) mass is 420 g/mol. The zero-order valence-electron chi connectivity index (χ0n) is 12.7. The third kappa shape index (κ3) is 17.2. The van der Waals surface area contributed by atoms with Crippen molar-refractivity contribution >= 4 is 75.8 Å². The van der Waals surface area contributed by atoms with Crippen LogP contribution in [0.1, 0.15) is 0 Å². The summed E-state index contributed by atoms with van der Waals surface area (Å²) in [4.78, 5) is 28.5. The third-order valence-corrected chi connectivity index (χ3v) is 2.68. The minimum Gasteiger partial charge on any atom is -0.545 e. The first-order valence-corrected chi connectivity index (χ1v) is 6.84. The number of hydrogen-bond acceptors (Lipinski definition) is 6. The first-order valence-electron chi connectivity index (χ1n) is 5.71. The van der Waals surface area contributed by atoms with Crippen LogP contribution in [0.5, 0.6) is 5.75 Å². The van der Waals surface area contributed by atoms with E-state index in [0.29, 0.717) is 5.02 Å². The molecule has 0 spiro atoms. The minimum atomic E-state index is -1.23. The number of aliphatic carboxylic acids is 3. The Morgan fingerprint density at radius 3 is 1.68 bits per heavy atom. The number of hydrogen-bond donors (Lipinski definition) is 1. The Hall–Kier alpha value is -1.45. The van der Waals surface area contributed by atoms with Crippen LogP contribution in [0.2, 0.25) is 15.1 Å². The van der Waals surface area contributed by atoms with Gasteiger partial charge in [-0.15, -0.1) is 0 Å². The van der Waals surface area contributed by atoms with Crippen LogP contribution in [-0.2, 0) is 14.4 Å². The molecule has 1 aromatic carbocycles. The van der Waals surface area contributed by atoms with Crippen LogP contribution in [0, 0.1) is 0 Å². The van der Waals surface area contributed by atoms with E-state index in [0.717, 1.165) is 12.2 Å². The fourth-order valence-corrected chi connectivity index (χ4v) is 1.35. The van der Waals surface area contributed by atoms with Crippen molar-refractivity contribution in [1.29, 1.82) is 0 Å². The van der Waals surface area contributed by atoms with Gasteiger partial charge in [-0.2, -0.15) is 0 Å². The first kappa shape index (κ1) is 28.4. The van der Waals surface area contributed by atoms with Gasteiger partial charge in [-0.3, -0.25) is 0 Å². The molecular formula is C14H11Cl3MgO7. The second-order valence-corrected chi connectivity index (χ2v) is 4.65. The van der Waals surface area contributed by atoms with Crippen LogP contribution in [0.25, 0.3) is 0 Å². The summed E-state index contributed by atoms with van der Waals surface area (Å²) in [6.07, 6.45) is 1.44. The summed E-state index contributed by atoms with van der Waals surface area (Å²) in [5.74, 6) is -3.36. The van der Waals surface area contributed by atoms with Gasteiger partial charge in [-0.25, -0.2) is 4.79 Å². The number of carbonyl (C=O) groups is 3. The minimum absolute atomic E-state index is 0. The van der Waals surface area contributed by atoms with Crippen molar-refractivity contribution in [3.05, 3.63) is 52.5 Å². The molecule has 0 aliphatic carbocycles. The van der Waals surface area contributed by atoms with E-state index < -0.39 is 24.5 Å². The summed E-state index contributed by atoms with van der Waals surface area (Å²) in [5, 5.41) is 27.4. The van der Waals surface area contributed by atoms with E-state index in [9.17, 15) is 4.79 Å². The van der Waals surface area contributed by atoms with Crippen LogP contribution >= 0.6 is 34.8 Å². The number of ether oxygens (including phenoxy) is 1. The molecule has 0 aliphatic heterocycles. The van der Waals surface area contributed by atoms with Gasteiger partial charge in [-0.1, -0.05) is 48.0 Å². The summed E-state index contributed by atoms with van der Waals surface area (Å²) in [6.45, 7) is 5.32. The van der Waals surface area contributed by atoms with E-state index in [1.165, 1.54) is 12.1 Å². The van der Waals surface area contributed by atoms with E-state index in [-0.39, 0.29) is 38.8 Å². The zero-order valence-corrected chi connectivity index (χ0v) is 16.4. The SMILES string of the molecule is C=CC(=O)[O-].C=CC(=O)[O-].O=C(O)COc1cc(Cl)c(Cl)cc1Cl.[Mg+2]. The fourth-order valence-electron chi connectivity index (χ4n) is 0.754.